The highest BCUT2D eigenvalue weighted by Gasteiger charge is 2.09. The molecule has 5 heteroatoms. The van der Waals surface area contributed by atoms with E-state index in [1.807, 2.05) is 6.07 Å². The van der Waals surface area contributed by atoms with E-state index in [1.165, 1.54) is 0 Å². The van der Waals surface area contributed by atoms with Crippen LogP contribution in [0.15, 0.2) is 24.3 Å². The van der Waals surface area contributed by atoms with Gasteiger partial charge in [0.15, 0.2) is 0 Å². The summed E-state index contributed by atoms with van der Waals surface area (Å²) in [6.07, 6.45) is 0.278. The van der Waals surface area contributed by atoms with E-state index in [2.05, 4.69) is 0 Å². The lowest BCUT2D eigenvalue weighted by Crippen LogP contribution is -2.31. The molecule has 4 nitrogen and oxygen atoms in total. The van der Waals surface area contributed by atoms with Crippen LogP contribution in [0.2, 0.25) is 0 Å². The maximum absolute atomic E-state index is 11.9. The molecule has 1 N–H and O–H groups in total. The van der Waals surface area contributed by atoms with Crippen molar-refractivity contribution in [2.75, 3.05) is 32.7 Å². The molecular weight excluding hydrogens is 254 g/mol. The number of likely N-dealkylation sites (N-methyl/N-ethyl adjacent to an activating group) is 1. The Kier molecular flexibility index (Phi) is 6.54. The van der Waals surface area contributed by atoms with Crippen molar-refractivity contribution in [3.8, 4) is 5.75 Å². The molecule has 1 rings (SSSR count). The Morgan fingerprint density at radius 3 is 2.89 bits per heavy atom. The van der Waals surface area contributed by atoms with Crippen LogP contribution in [0.4, 0.5) is 0 Å². The SMILES string of the molecule is CN(CCOCCCl)C(=O)Cc1cccc(O)c1. The number of halogens is 1. The van der Waals surface area contributed by atoms with Crippen LogP contribution in [-0.2, 0) is 16.0 Å². The molecule has 1 aromatic carbocycles. The maximum atomic E-state index is 11.9. The first-order valence-electron chi connectivity index (χ1n) is 5.79. The van der Waals surface area contributed by atoms with E-state index in [0.717, 1.165) is 5.56 Å². The van der Waals surface area contributed by atoms with Gasteiger partial charge in [-0.2, -0.15) is 0 Å². The molecule has 18 heavy (non-hydrogen) atoms. The molecule has 0 atom stereocenters. The molecule has 0 saturated heterocycles. The summed E-state index contributed by atoms with van der Waals surface area (Å²) in [5.74, 6) is 0.629. The number of hydrogen-bond donors (Lipinski definition) is 1. The molecule has 0 aliphatic heterocycles. The fraction of sp³-hybridized carbons (Fsp3) is 0.462. The lowest BCUT2D eigenvalue weighted by atomic mass is 10.1. The van der Waals surface area contributed by atoms with Gasteiger partial charge in [-0.15, -0.1) is 11.6 Å². The third kappa shape index (κ3) is 5.38. The zero-order valence-corrected chi connectivity index (χ0v) is 11.2. The maximum Gasteiger partial charge on any atom is 0.226 e. The molecule has 0 heterocycles. The van der Waals surface area contributed by atoms with Crippen molar-refractivity contribution < 1.29 is 14.6 Å². The summed E-state index contributed by atoms with van der Waals surface area (Å²) in [5, 5.41) is 9.31. The highest BCUT2D eigenvalue weighted by molar-refractivity contribution is 6.17. The second kappa shape index (κ2) is 7.95. The Morgan fingerprint density at radius 2 is 2.22 bits per heavy atom. The van der Waals surface area contributed by atoms with Gasteiger partial charge in [0.05, 0.1) is 19.6 Å². The Bertz CT molecular complexity index is 384. The Hall–Kier alpha value is -1.26. The van der Waals surface area contributed by atoms with Crippen LogP contribution >= 0.6 is 11.6 Å². The number of carbonyl (C=O) groups is 1. The summed E-state index contributed by atoms with van der Waals surface area (Å²) < 4.78 is 5.21. The fourth-order valence-electron chi connectivity index (χ4n) is 1.46. The largest absolute Gasteiger partial charge is 0.508 e. The number of phenolic OH excluding ortho intramolecular Hbond substituents is 1. The Morgan fingerprint density at radius 1 is 1.44 bits per heavy atom. The number of aromatic hydroxyl groups is 1. The molecule has 0 unspecified atom stereocenters. The van der Waals surface area contributed by atoms with E-state index in [-0.39, 0.29) is 18.1 Å². The number of carbonyl (C=O) groups excluding carboxylic acids is 1. The van der Waals surface area contributed by atoms with Gasteiger partial charge in [-0.3, -0.25) is 4.79 Å². The third-order valence-electron chi connectivity index (χ3n) is 2.48. The first-order chi connectivity index (χ1) is 8.63. The molecule has 1 amide bonds. The van der Waals surface area contributed by atoms with Crippen LogP contribution in [0.1, 0.15) is 5.56 Å². The zero-order chi connectivity index (χ0) is 13.4. The summed E-state index contributed by atoms with van der Waals surface area (Å²) in [7, 11) is 1.73. The predicted octanol–water partition coefficient (Wildman–Crippen LogP) is 1.65. The smallest absolute Gasteiger partial charge is 0.226 e. The molecule has 0 fully saturated rings. The molecule has 0 saturated carbocycles. The average molecular weight is 272 g/mol. The van der Waals surface area contributed by atoms with E-state index in [1.54, 1.807) is 30.1 Å². The number of nitrogens with zero attached hydrogens (tertiary/aromatic N) is 1. The molecule has 0 spiro atoms. The van der Waals surface area contributed by atoms with Crippen LogP contribution < -0.4 is 0 Å². The number of benzene rings is 1. The van der Waals surface area contributed by atoms with Crippen molar-refractivity contribution >= 4 is 17.5 Å². The van der Waals surface area contributed by atoms with Gasteiger partial charge < -0.3 is 14.7 Å². The van der Waals surface area contributed by atoms with E-state index >= 15 is 0 Å². The lowest BCUT2D eigenvalue weighted by molar-refractivity contribution is -0.129. The van der Waals surface area contributed by atoms with Gasteiger partial charge in [0.1, 0.15) is 5.75 Å². The number of phenols is 1. The molecule has 100 valence electrons. The third-order valence-corrected chi connectivity index (χ3v) is 2.64. The van der Waals surface area contributed by atoms with Crippen molar-refractivity contribution in [1.29, 1.82) is 0 Å². The van der Waals surface area contributed by atoms with Crippen molar-refractivity contribution in [3.63, 3.8) is 0 Å². The van der Waals surface area contributed by atoms with Gasteiger partial charge in [0.2, 0.25) is 5.91 Å². The minimum absolute atomic E-state index is 0.00456. The molecule has 0 bridgehead atoms. The van der Waals surface area contributed by atoms with Crippen LogP contribution in [0.3, 0.4) is 0 Å². The topological polar surface area (TPSA) is 49.8 Å². The number of alkyl halides is 1. The highest BCUT2D eigenvalue weighted by atomic mass is 35.5. The van der Waals surface area contributed by atoms with Crippen LogP contribution in [0.25, 0.3) is 0 Å². The van der Waals surface area contributed by atoms with Crippen molar-refractivity contribution in [3.05, 3.63) is 29.8 Å². The van der Waals surface area contributed by atoms with E-state index < -0.39 is 0 Å². The van der Waals surface area contributed by atoms with Crippen LogP contribution in [0.5, 0.6) is 5.75 Å². The summed E-state index contributed by atoms with van der Waals surface area (Å²) in [4.78, 5) is 13.5. The highest BCUT2D eigenvalue weighted by Crippen LogP contribution is 2.11. The molecule has 0 radical (unpaired) electrons. The van der Waals surface area contributed by atoms with Gasteiger partial charge in [-0.1, -0.05) is 12.1 Å². The van der Waals surface area contributed by atoms with Crippen LogP contribution in [0, 0.1) is 0 Å². The number of rotatable bonds is 7. The second-order valence-corrected chi connectivity index (χ2v) is 4.34. The molecular formula is C13H18ClNO3. The van der Waals surface area contributed by atoms with Gasteiger partial charge >= 0.3 is 0 Å². The first kappa shape index (κ1) is 14.8. The lowest BCUT2D eigenvalue weighted by Gasteiger charge is -2.17. The monoisotopic (exact) mass is 271 g/mol. The predicted molar refractivity (Wildman–Crippen MR) is 71.0 cm³/mol. The Balaban J connectivity index is 2.35. The normalized spacial score (nSPS) is 10.3. The second-order valence-electron chi connectivity index (χ2n) is 3.96. The summed E-state index contributed by atoms with van der Waals surface area (Å²) >= 11 is 5.47. The summed E-state index contributed by atoms with van der Waals surface area (Å²) in [6.45, 7) is 1.51. The van der Waals surface area contributed by atoms with Crippen molar-refractivity contribution in [2.45, 2.75) is 6.42 Å². The summed E-state index contributed by atoms with van der Waals surface area (Å²) in [5.41, 5.74) is 0.800. The molecule has 0 aliphatic carbocycles. The average Bonchev–Trinajstić information content (AvgIpc) is 2.34. The molecule has 1 aromatic rings. The number of amides is 1. The molecule has 0 aliphatic rings. The standard InChI is InChI=1S/C13H18ClNO3/c1-15(6-8-18-7-5-14)13(17)10-11-3-2-4-12(16)9-11/h2-4,9,16H,5-8,10H2,1H3. The number of hydrogen-bond acceptors (Lipinski definition) is 3. The zero-order valence-electron chi connectivity index (χ0n) is 10.4. The van der Waals surface area contributed by atoms with Gasteiger partial charge in [0.25, 0.3) is 0 Å². The Labute approximate surface area is 112 Å². The van der Waals surface area contributed by atoms with Crippen LogP contribution in [-0.4, -0.2) is 48.6 Å². The van der Waals surface area contributed by atoms with Crippen molar-refractivity contribution in [2.24, 2.45) is 0 Å². The van der Waals surface area contributed by atoms with E-state index in [0.29, 0.717) is 25.6 Å². The van der Waals surface area contributed by atoms with E-state index in [4.69, 9.17) is 16.3 Å². The van der Waals surface area contributed by atoms with Gasteiger partial charge in [-0.05, 0) is 17.7 Å². The van der Waals surface area contributed by atoms with Gasteiger partial charge in [0, 0.05) is 19.5 Å². The summed E-state index contributed by atoms with van der Waals surface area (Å²) in [6, 6.07) is 6.71. The van der Waals surface area contributed by atoms with E-state index in [9.17, 15) is 9.90 Å². The van der Waals surface area contributed by atoms with Crippen molar-refractivity contribution in [1.82, 2.24) is 4.90 Å². The fourth-order valence-corrected chi connectivity index (χ4v) is 1.57. The first-order valence-corrected chi connectivity index (χ1v) is 6.32. The minimum atomic E-state index is -0.00456. The number of ether oxygens (including phenoxy) is 1. The van der Waals surface area contributed by atoms with Gasteiger partial charge in [-0.25, -0.2) is 0 Å². The minimum Gasteiger partial charge on any atom is -0.508 e. The molecule has 0 aromatic heterocycles. The quantitative estimate of drug-likeness (QED) is 0.606.